The van der Waals surface area contributed by atoms with Crippen molar-refractivity contribution in [2.24, 2.45) is 0 Å². The number of hydrogen-bond acceptors (Lipinski definition) is 3. The molecule has 1 aromatic carbocycles. The molecular formula is C13H17BrN2O2S. The molecule has 0 heterocycles. The van der Waals surface area contributed by atoms with Crippen molar-refractivity contribution in [1.82, 2.24) is 10.6 Å². The maximum absolute atomic E-state index is 11.8. The van der Waals surface area contributed by atoms with Gasteiger partial charge >= 0.3 is 0 Å². The minimum atomic E-state index is -0.250. The first kappa shape index (κ1) is 15.9. The van der Waals surface area contributed by atoms with E-state index in [0.717, 1.165) is 23.1 Å². The number of amides is 1. The molecule has 0 saturated heterocycles. The second kappa shape index (κ2) is 8.12. The predicted octanol–water partition coefficient (Wildman–Crippen LogP) is 2.86. The Bertz CT molecular complexity index is 466. The fraction of sp³-hybridized carbons (Fsp3) is 0.385. The summed E-state index contributed by atoms with van der Waals surface area (Å²) in [7, 11) is 1.66. The van der Waals surface area contributed by atoms with Crippen LogP contribution in [0.2, 0.25) is 0 Å². The molecule has 0 saturated carbocycles. The van der Waals surface area contributed by atoms with Gasteiger partial charge in [0.05, 0.1) is 11.1 Å². The van der Waals surface area contributed by atoms with E-state index >= 15 is 0 Å². The molecule has 0 radical (unpaired) electrons. The number of ether oxygens (including phenoxy) is 1. The number of nitrogens with one attached hydrogen (secondary N) is 2. The van der Waals surface area contributed by atoms with Crippen molar-refractivity contribution < 1.29 is 9.53 Å². The first-order valence-electron chi connectivity index (χ1n) is 6.04. The molecule has 0 unspecified atom stereocenters. The van der Waals surface area contributed by atoms with E-state index in [0.29, 0.717) is 17.3 Å². The Morgan fingerprint density at radius 3 is 2.79 bits per heavy atom. The molecule has 2 N–H and O–H groups in total. The lowest BCUT2D eigenvalue weighted by Gasteiger charge is -2.10. The van der Waals surface area contributed by atoms with Crippen LogP contribution in [0.1, 0.15) is 30.1 Å². The van der Waals surface area contributed by atoms with Crippen LogP contribution in [0.25, 0.3) is 0 Å². The minimum Gasteiger partial charge on any atom is -0.492 e. The van der Waals surface area contributed by atoms with Crippen LogP contribution in [-0.2, 0) is 0 Å². The highest BCUT2D eigenvalue weighted by Gasteiger charge is 2.10. The van der Waals surface area contributed by atoms with E-state index in [1.54, 1.807) is 25.2 Å². The van der Waals surface area contributed by atoms with Gasteiger partial charge in [0, 0.05) is 12.6 Å². The Kier molecular flexibility index (Phi) is 6.80. The third kappa shape index (κ3) is 5.16. The molecule has 0 aliphatic carbocycles. The van der Waals surface area contributed by atoms with Crippen molar-refractivity contribution >= 4 is 39.2 Å². The molecule has 1 aromatic rings. The van der Waals surface area contributed by atoms with Crippen molar-refractivity contribution in [2.75, 3.05) is 13.7 Å². The van der Waals surface area contributed by atoms with Crippen LogP contribution in [0, 0.1) is 0 Å². The zero-order valence-corrected chi connectivity index (χ0v) is 13.4. The Morgan fingerprint density at radius 2 is 2.21 bits per heavy atom. The number of hydrogen-bond donors (Lipinski definition) is 2. The van der Waals surface area contributed by atoms with Gasteiger partial charge in [-0.3, -0.25) is 10.1 Å². The van der Waals surface area contributed by atoms with E-state index in [1.165, 1.54) is 0 Å². The van der Waals surface area contributed by atoms with Crippen LogP contribution in [0.15, 0.2) is 22.7 Å². The second-order valence-electron chi connectivity index (χ2n) is 3.88. The number of thiocarbonyl (C=S) groups is 1. The van der Waals surface area contributed by atoms with E-state index in [4.69, 9.17) is 17.0 Å². The molecule has 0 fully saturated rings. The molecule has 19 heavy (non-hydrogen) atoms. The van der Waals surface area contributed by atoms with Crippen molar-refractivity contribution in [1.29, 1.82) is 0 Å². The smallest absolute Gasteiger partial charge is 0.257 e. The Hall–Kier alpha value is -1.14. The van der Waals surface area contributed by atoms with E-state index in [-0.39, 0.29) is 5.91 Å². The normalized spacial score (nSPS) is 9.84. The second-order valence-corrected chi connectivity index (χ2v) is 5.14. The number of benzene rings is 1. The summed E-state index contributed by atoms with van der Waals surface area (Å²) in [6, 6.07) is 5.20. The lowest BCUT2D eigenvalue weighted by molar-refractivity contribution is 0.0976. The van der Waals surface area contributed by atoms with Gasteiger partial charge in [0.15, 0.2) is 5.11 Å². The lowest BCUT2D eigenvalue weighted by Crippen LogP contribution is -2.37. The van der Waals surface area contributed by atoms with Crippen molar-refractivity contribution in [3.63, 3.8) is 0 Å². The molecule has 0 aliphatic rings. The fourth-order valence-corrected chi connectivity index (χ4v) is 1.91. The number of rotatable bonds is 5. The molecule has 0 aliphatic heterocycles. The summed E-state index contributed by atoms with van der Waals surface area (Å²) in [4.78, 5) is 11.8. The van der Waals surface area contributed by atoms with E-state index in [1.807, 2.05) is 0 Å². The van der Waals surface area contributed by atoms with Crippen LogP contribution < -0.4 is 15.4 Å². The molecule has 0 aromatic heterocycles. The summed E-state index contributed by atoms with van der Waals surface area (Å²) < 4.78 is 6.35. The SMILES string of the molecule is CCCCOc1ccc(C(=O)NC(=S)NC)cc1Br. The summed E-state index contributed by atoms with van der Waals surface area (Å²) in [6.45, 7) is 2.78. The highest BCUT2D eigenvalue weighted by molar-refractivity contribution is 9.10. The van der Waals surface area contributed by atoms with E-state index in [2.05, 4.69) is 33.5 Å². The van der Waals surface area contributed by atoms with Crippen molar-refractivity contribution in [3.8, 4) is 5.75 Å². The summed E-state index contributed by atoms with van der Waals surface area (Å²) >= 11 is 8.28. The van der Waals surface area contributed by atoms with E-state index in [9.17, 15) is 4.79 Å². The standard InChI is InChI=1S/C13H17BrN2O2S/c1-3-4-7-18-11-6-5-9(8-10(11)14)12(17)16-13(19)15-2/h5-6,8H,3-4,7H2,1-2H3,(H2,15,16,17,19). The third-order valence-corrected chi connectivity index (χ3v) is 3.33. The Balaban J connectivity index is 2.70. The third-order valence-electron chi connectivity index (χ3n) is 2.40. The molecule has 104 valence electrons. The monoisotopic (exact) mass is 344 g/mol. The highest BCUT2D eigenvalue weighted by Crippen LogP contribution is 2.26. The topological polar surface area (TPSA) is 50.4 Å². The van der Waals surface area contributed by atoms with Gasteiger partial charge in [0.25, 0.3) is 5.91 Å². The molecule has 1 rings (SSSR count). The molecule has 0 spiro atoms. The average molecular weight is 345 g/mol. The van der Waals surface area contributed by atoms with Crippen molar-refractivity contribution in [3.05, 3.63) is 28.2 Å². The van der Waals surface area contributed by atoms with Gasteiger partial charge in [0.1, 0.15) is 5.75 Å². The fourth-order valence-electron chi connectivity index (χ4n) is 1.32. The summed E-state index contributed by atoms with van der Waals surface area (Å²) in [6.07, 6.45) is 2.09. The van der Waals surface area contributed by atoms with Crippen LogP contribution >= 0.6 is 28.1 Å². The largest absolute Gasteiger partial charge is 0.492 e. The number of carbonyl (C=O) groups is 1. The number of carbonyl (C=O) groups excluding carboxylic acids is 1. The van der Waals surface area contributed by atoms with Gasteiger partial charge < -0.3 is 10.1 Å². The molecule has 0 bridgehead atoms. The van der Waals surface area contributed by atoms with Crippen molar-refractivity contribution in [2.45, 2.75) is 19.8 Å². The molecule has 4 nitrogen and oxygen atoms in total. The van der Waals surface area contributed by atoms with Crippen LogP contribution in [0.3, 0.4) is 0 Å². The van der Waals surface area contributed by atoms with Crippen LogP contribution in [0.5, 0.6) is 5.75 Å². The summed E-state index contributed by atoms with van der Waals surface area (Å²) in [5.74, 6) is 0.487. The van der Waals surface area contributed by atoms with E-state index < -0.39 is 0 Å². The summed E-state index contributed by atoms with van der Waals surface area (Å²) in [5, 5.41) is 5.55. The molecular weight excluding hydrogens is 328 g/mol. The molecule has 1 amide bonds. The number of unbranched alkanes of at least 4 members (excludes halogenated alkanes) is 1. The van der Waals surface area contributed by atoms with Crippen LogP contribution in [-0.4, -0.2) is 24.7 Å². The summed E-state index contributed by atoms with van der Waals surface area (Å²) in [5.41, 5.74) is 0.521. The van der Waals surface area contributed by atoms with Gasteiger partial charge in [-0.25, -0.2) is 0 Å². The first-order valence-corrected chi connectivity index (χ1v) is 7.24. The first-order chi connectivity index (χ1) is 9.08. The van der Waals surface area contributed by atoms with Gasteiger partial charge in [-0.05, 0) is 52.8 Å². The highest BCUT2D eigenvalue weighted by atomic mass is 79.9. The molecule has 6 heteroatoms. The van der Waals surface area contributed by atoms with Crippen LogP contribution in [0.4, 0.5) is 0 Å². The van der Waals surface area contributed by atoms with Gasteiger partial charge in [0.2, 0.25) is 0 Å². The Labute approximate surface area is 127 Å². The molecule has 0 atom stereocenters. The number of halogens is 1. The maximum atomic E-state index is 11.8. The zero-order chi connectivity index (χ0) is 14.3. The average Bonchev–Trinajstić information content (AvgIpc) is 2.40. The maximum Gasteiger partial charge on any atom is 0.257 e. The Morgan fingerprint density at radius 1 is 1.47 bits per heavy atom. The zero-order valence-electron chi connectivity index (χ0n) is 11.0. The van der Waals surface area contributed by atoms with Gasteiger partial charge in [-0.2, -0.15) is 0 Å². The van der Waals surface area contributed by atoms with Gasteiger partial charge in [-0.15, -0.1) is 0 Å². The van der Waals surface area contributed by atoms with Gasteiger partial charge in [-0.1, -0.05) is 13.3 Å². The quantitative estimate of drug-likeness (QED) is 0.637. The lowest BCUT2D eigenvalue weighted by atomic mass is 10.2. The minimum absolute atomic E-state index is 0.250. The predicted molar refractivity (Wildman–Crippen MR) is 83.7 cm³/mol.